The van der Waals surface area contributed by atoms with Crippen LogP contribution in [0.5, 0.6) is 0 Å². The minimum Gasteiger partial charge on any atom is -0.396 e. The van der Waals surface area contributed by atoms with Crippen molar-refractivity contribution in [3.8, 4) is 0 Å². The van der Waals surface area contributed by atoms with Crippen molar-refractivity contribution < 1.29 is 5.11 Å². The lowest BCUT2D eigenvalue weighted by molar-refractivity contribution is 0.298. The molecular weight excluding hydrogens is 226 g/mol. The summed E-state index contributed by atoms with van der Waals surface area (Å²) in [5.74, 6) is 0. The first kappa shape index (κ1) is 15.2. The molecule has 0 aliphatic carbocycles. The lowest BCUT2D eigenvalue weighted by Gasteiger charge is -2.01. The second-order valence-corrected chi connectivity index (χ2v) is 4.92. The fraction of sp³-hybridized carbons (Fsp3) is 0.857. The van der Waals surface area contributed by atoms with Crippen LogP contribution in [-0.4, -0.2) is 26.7 Å². The summed E-state index contributed by atoms with van der Waals surface area (Å²) in [6.45, 7) is 3.35. The van der Waals surface area contributed by atoms with Crippen molar-refractivity contribution in [3.05, 3.63) is 11.9 Å². The van der Waals surface area contributed by atoms with Crippen molar-refractivity contribution in [1.29, 1.82) is 0 Å². The summed E-state index contributed by atoms with van der Waals surface area (Å²) >= 11 is 0. The summed E-state index contributed by atoms with van der Waals surface area (Å²) in [4.78, 5) is 0. The van der Waals surface area contributed by atoms with Crippen molar-refractivity contribution in [3.63, 3.8) is 0 Å². The van der Waals surface area contributed by atoms with Gasteiger partial charge in [0.2, 0.25) is 0 Å². The van der Waals surface area contributed by atoms with Gasteiger partial charge in [0.15, 0.2) is 0 Å². The van der Waals surface area contributed by atoms with E-state index in [1.165, 1.54) is 51.4 Å². The Morgan fingerprint density at radius 1 is 1.06 bits per heavy atom. The highest BCUT2D eigenvalue weighted by atomic mass is 16.3. The Kier molecular flexibility index (Phi) is 8.47. The van der Waals surface area contributed by atoms with Gasteiger partial charge in [0, 0.05) is 25.8 Å². The van der Waals surface area contributed by atoms with E-state index in [-0.39, 0.29) is 6.61 Å². The number of hydrogen-bond acceptors (Lipinski definition) is 3. The van der Waals surface area contributed by atoms with Gasteiger partial charge in [-0.1, -0.05) is 57.1 Å². The molecular formula is C14H27N3O. The fourth-order valence-corrected chi connectivity index (χ4v) is 2.08. The maximum Gasteiger partial charge on any atom is 0.0849 e. The van der Waals surface area contributed by atoms with E-state index in [9.17, 15) is 0 Å². The van der Waals surface area contributed by atoms with Crippen molar-refractivity contribution in [2.24, 2.45) is 0 Å². The molecule has 1 aromatic heterocycles. The largest absolute Gasteiger partial charge is 0.396 e. The highest BCUT2D eigenvalue weighted by molar-refractivity contribution is 4.91. The second kappa shape index (κ2) is 10.1. The normalized spacial score (nSPS) is 11.0. The first-order valence-corrected chi connectivity index (χ1v) is 7.36. The third kappa shape index (κ3) is 6.74. The number of aliphatic hydroxyl groups excluding tert-OH is 1. The third-order valence-electron chi connectivity index (χ3n) is 3.19. The van der Waals surface area contributed by atoms with E-state index in [1.807, 2.05) is 10.9 Å². The van der Waals surface area contributed by atoms with Crippen LogP contribution in [0.4, 0.5) is 0 Å². The standard InChI is InChI=1S/C14H27N3O/c1-2-3-4-5-6-7-8-9-11-17-13-14(10-12-18)15-16-17/h13,18H,2-12H2,1H3. The van der Waals surface area contributed by atoms with Gasteiger partial charge in [0.25, 0.3) is 0 Å². The number of aliphatic hydroxyl groups is 1. The molecule has 1 heterocycles. The Bertz CT molecular complexity index is 299. The van der Waals surface area contributed by atoms with E-state index < -0.39 is 0 Å². The zero-order valence-electron chi connectivity index (χ0n) is 11.6. The first-order valence-electron chi connectivity index (χ1n) is 7.36. The minimum absolute atomic E-state index is 0.149. The summed E-state index contributed by atoms with van der Waals surface area (Å²) in [7, 11) is 0. The lowest BCUT2D eigenvalue weighted by atomic mass is 10.1. The molecule has 0 unspecified atom stereocenters. The molecule has 1 rings (SSSR count). The molecule has 0 amide bonds. The molecule has 0 aliphatic heterocycles. The number of nitrogens with zero attached hydrogens (tertiary/aromatic N) is 3. The van der Waals surface area contributed by atoms with Gasteiger partial charge in [-0.25, -0.2) is 0 Å². The van der Waals surface area contributed by atoms with Crippen LogP contribution in [0.15, 0.2) is 6.20 Å². The monoisotopic (exact) mass is 253 g/mol. The summed E-state index contributed by atoms with van der Waals surface area (Å²) in [5.41, 5.74) is 0.886. The Morgan fingerprint density at radius 2 is 1.72 bits per heavy atom. The highest BCUT2D eigenvalue weighted by Gasteiger charge is 1.99. The zero-order chi connectivity index (χ0) is 13.1. The molecule has 0 bridgehead atoms. The molecule has 0 aliphatic rings. The van der Waals surface area contributed by atoms with Gasteiger partial charge in [-0.3, -0.25) is 4.68 Å². The van der Waals surface area contributed by atoms with Crippen LogP contribution in [-0.2, 0) is 13.0 Å². The van der Waals surface area contributed by atoms with E-state index in [2.05, 4.69) is 17.2 Å². The van der Waals surface area contributed by atoms with E-state index in [0.29, 0.717) is 6.42 Å². The van der Waals surface area contributed by atoms with Crippen LogP contribution in [0.25, 0.3) is 0 Å². The van der Waals surface area contributed by atoms with Gasteiger partial charge < -0.3 is 5.11 Å². The summed E-state index contributed by atoms with van der Waals surface area (Å²) < 4.78 is 1.89. The molecule has 0 fully saturated rings. The maximum atomic E-state index is 8.79. The molecule has 4 nitrogen and oxygen atoms in total. The highest BCUT2D eigenvalue weighted by Crippen LogP contribution is 2.09. The molecule has 0 saturated carbocycles. The van der Waals surface area contributed by atoms with Gasteiger partial charge in [0.05, 0.1) is 5.69 Å². The quantitative estimate of drug-likeness (QED) is 0.617. The zero-order valence-corrected chi connectivity index (χ0v) is 11.6. The van der Waals surface area contributed by atoms with Crippen LogP contribution < -0.4 is 0 Å². The summed E-state index contributed by atoms with van der Waals surface area (Å²) in [6.07, 6.45) is 13.2. The van der Waals surface area contributed by atoms with Crippen molar-refractivity contribution in [2.75, 3.05) is 6.61 Å². The predicted molar refractivity (Wildman–Crippen MR) is 73.4 cm³/mol. The van der Waals surface area contributed by atoms with Gasteiger partial charge in [-0.2, -0.15) is 0 Å². The van der Waals surface area contributed by atoms with Crippen molar-refractivity contribution >= 4 is 0 Å². The average Bonchev–Trinajstić information content (AvgIpc) is 2.81. The molecule has 0 spiro atoms. The average molecular weight is 253 g/mol. The Labute approximate surface area is 110 Å². The van der Waals surface area contributed by atoms with Gasteiger partial charge in [-0.05, 0) is 6.42 Å². The molecule has 1 N–H and O–H groups in total. The summed E-state index contributed by atoms with van der Waals surface area (Å²) in [6, 6.07) is 0. The number of hydrogen-bond donors (Lipinski definition) is 1. The summed E-state index contributed by atoms with van der Waals surface area (Å²) in [5, 5.41) is 16.8. The smallest absolute Gasteiger partial charge is 0.0849 e. The first-order chi connectivity index (χ1) is 8.86. The maximum absolute atomic E-state index is 8.79. The van der Waals surface area contributed by atoms with Gasteiger partial charge in [0.1, 0.15) is 0 Å². The van der Waals surface area contributed by atoms with Crippen molar-refractivity contribution in [2.45, 2.75) is 71.3 Å². The van der Waals surface area contributed by atoms with E-state index >= 15 is 0 Å². The van der Waals surface area contributed by atoms with Crippen molar-refractivity contribution in [1.82, 2.24) is 15.0 Å². The van der Waals surface area contributed by atoms with E-state index in [1.54, 1.807) is 0 Å². The Balaban J connectivity index is 1.96. The topological polar surface area (TPSA) is 50.9 Å². The van der Waals surface area contributed by atoms with Gasteiger partial charge in [-0.15, -0.1) is 5.10 Å². The number of rotatable bonds is 11. The molecule has 1 aromatic rings. The van der Waals surface area contributed by atoms with Crippen LogP contribution in [0.2, 0.25) is 0 Å². The molecule has 0 atom stereocenters. The predicted octanol–water partition coefficient (Wildman–Crippen LogP) is 2.95. The number of aryl methyl sites for hydroxylation is 1. The van der Waals surface area contributed by atoms with E-state index in [4.69, 9.17) is 5.11 Å². The lowest BCUT2D eigenvalue weighted by Crippen LogP contribution is -1.98. The Morgan fingerprint density at radius 3 is 2.39 bits per heavy atom. The molecule has 4 heteroatoms. The van der Waals surface area contributed by atoms with E-state index in [0.717, 1.165) is 12.2 Å². The number of aromatic nitrogens is 3. The fourth-order valence-electron chi connectivity index (χ4n) is 2.08. The third-order valence-corrected chi connectivity index (χ3v) is 3.19. The number of unbranched alkanes of at least 4 members (excludes halogenated alkanes) is 7. The second-order valence-electron chi connectivity index (χ2n) is 4.92. The molecule has 104 valence electrons. The molecule has 0 radical (unpaired) electrons. The van der Waals surface area contributed by atoms with Crippen LogP contribution in [0.3, 0.4) is 0 Å². The van der Waals surface area contributed by atoms with Crippen LogP contribution >= 0.6 is 0 Å². The van der Waals surface area contributed by atoms with Crippen LogP contribution in [0, 0.1) is 0 Å². The van der Waals surface area contributed by atoms with Crippen LogP contribution in [0.1, 0.15) is 64.0 Å². The molecule has 0 saturated heterocycles. The van der Waals surface area contributed by atoms with Gasteiger partial charge >= 0.3 is 0 Å². The Hall–Kier alpha value is -0.900. The SMILES string of the molecule is CCCCCCCCCCn1cc(CCO)nn1. The molecule has 18 heavy (non-hydrogen) atoms. The minimum atomic E-state index is 0.149. The molecule has 0 aromatic carbocycles.